The van der Waals surface area contributed by atoms with Crippen LogP contribution in [0.4, 0.5) is 4.39 Å². The van der Waals surface area contributed by atoms with Gasteiger partial charge >= 0.3 is 5.97 Å². The zero-order valence-corrected chi connectivity index (χ0v) is 18.4. The van der Waals surface area contributed by atoms with E-state index in [1.165, 1.54) is 11.3 Å². The molecule has 3 rings (SSSR count). The Morgan fingerprint density at radius 1 is 1.17 bits per heavy atom. The van der Waals surface area contributed by atoms with Crippen molar-refractivity contribution in [2.75, 3.05) is 0 Å². The highest BCUT2D eigenvalue weighted by atomic mass is 32.1. The smallest absolute Gasteiger partial charge is 0.345 e. The summed E-state index contributed by atoms with van der Waals surface area (Å²) in [5.74, 6) is -0.696. The molecule has 0 saturated heterocycles. The van der Waals surface area contributed by atoms with Crippen molar-refractivity contribution in [3.8, 4) is 0 Å². The first-order valence-corrected chi connectivity index (χ1v) is 11.8. The number of aliphatic hydroxyl groups is 1. The summed E-state index contributed by atoms with van der Waals surface area (Å²) in [5, 5.41) is 19.4. The summed E-state index contributed by atoms with van der Waals surface area (Å²) in [7, 11) is 0. The van der Waals surface area contributed by atoms with E-state index in [4.69, 9.17) is 5.11 Å². The third kappa shape index (κ3) is 5.79. The highest BCUT2D eigenvalue weighted by molar-refractivity contribution is 7.13. The maximum atomic E-state index is 14.6. The van der Waals surface area contributed by atoms with Gasteiger partial charge in [-0.15, -0.1) is 11.3 Å². The quantitative estimate of drug-likeness (QED) is 0.371. The number of benzene rings is 1. The largest absolute Gasteiger partial charge is 0.477 e. The van der Waals surface area contributed by atoms with Gasteiger partial charge in [-0.3, -0.25) is 0 Å². The highest BCUT2D eigenvalue weighted by Crippen LogP contribution is 2.42. The van der Waals surface area contributed by atoms with Crippen molar-refractivity contribution in [3.05, 3.63) is 63.1 Å². The molecule has 30 heavy (non-hydrogen) atoms. The van der Waals surface area contributed by atoms with Gasteiger partial charge in [0.25, 0.3) is 0 Å². The Bertz CT molecular complexity index is 869. The van der Waals surface area contributed by atoms with Crippen LogP contribution in [0, 0.1) is 5.92 Å². The zero-order chi connectivity index (χ0) is 21.5. The van der Waals surface area contributed by atoms with Crippen molar-refractivity contribution in [1.29, 1.82) is 0 Å². The molecular formula is C25H31FO3S. The fraction of sp³-hybridized carbons (Fsp3) is 0.480. The normalized spacial score (nSPS) is 17.5. The average molecular weight is 431 g/mol. The van der Waals surface area contributed by atoms with E-state index in [2.05, 4.69) is 6.92 Å². The second-order valence-electron chi connectivity index (χ2n) is 8.15. The van der Waals surface area contributed by atoms with Gasteiger partial charge in [0, 0.05) is 11.3 Å². The Balaban J connectivity index is 1.58. The minimum Gasteiger partial charge on any atom is -0.477 e. The van der Waals surface area contributed by atoms with Gasteiger partial charge in [0.2, 0.25) is 0 Å². The van der Waals surface area contributed by atoms with E-state index in [1.54, 1.807) is 6.07 Å². The molecule has 0 bridgehead atoms. The first kappa shape index (κ1) is 22.7. The number of rotatable bonds is 11. The predicted octanol–water partition coefficient (Wildman–Crippen LogP) is 7.17. The summed E-state index contributed by atoms with van der Waals surface area (Å²) >= 11 is 1.32. The lowest BCUT2D eigenvalue weighted by Gasteiger charge is -2.16. The van der Waals surface area contributed by atoms with E-state index < -0.39 is 12.1 Å². The number of thiophene rings is 1. The Hall–Kier alpha value is -1.98. The van der Waals surface area contributed by atoms with Gasteiger partial charge in [-0.25, -0.2) is 9.18 Å². The van der Waals surface area contributed by atoms with Crippen LogP contribution in [-0.2, 0) is 6.42 Å². The number of aromatic carboxylic acids is 1. The molecule has 0 aliphatic heterocycles. The maximum Gasteiger partial charge on any atom is 0.345 e. The van der Waals surface area contributed by atoms with Gasteiger partial charge in [0.1, 0.15) is 10.7 Å². The fourth-order valence-corrected chi connectivity index (χ4v) is 5.16. The van der Waals surface area contributed by atoms with Gasteiger partial charge in [-0.2, -0.15) is 0 Å². The van der Waals surface area contributed by atoms with Crippen LogP contribution in [0.2, 0.25) is 0 Å². The van der Waals surface area contributed by atoms with Crippen LogP contribution < -0.4 is 0 Å². The molecule has 2 aromatic rings. The van der Waals surface area contributed by atoms with Crippen molar-refractivity contribution >= 4 is 22.9 Å². The molecule has 5 heteroatoms. The fourth-order valence-electron chi connectivity index (χ4n) is 4.27. The van der Waals surface area contributed by atoms with Crippen molar-refractivity contribution in [3.63, 3.8) is 0 Å². The average Bonchev–Trinajstić information content (AvgIpc) is 3.35. The summed E-state index contributed by atoms with van der Waals surface area (Å²) in [4.78, 5) is 12.4. The van der Waals surface area contributed by atoms with Gasteiger partial charge in [-0.05, 0) is 66.9 Å². The third-order valence-electron chi connectivity index (χ3n) is 5.95. The Kier molecular flexibility index (Phi) is 8.23. The standard InChI is InChI=1S/C25H31FO3S/c1-2-3-4-8-22(27)17-9-11-19(12-10-17)24-18(13-15-21(24)26)6-5-7-20-14-16-23(30-20)25(28)29/h9-12,14,16,18,22,27H,2-8,13,15H2,1H3,(H,28,29). The van der Waals surface area contributed by atoms with E-state index in [-0.39, 0.29) is 11.7 Å². The number of hydrogen-bond donors (Lipinski definition) is 2. The molecule has 162 valence electrons. The lowest BCUT2D eigenvalue weighted by molar-refractivity contribution is 0.0702. The van der Waals surface area contributed by atoms with Crippen molar-refractivity contribution < 1.29 is 19.4 Å². The molecule has 1 aliphatic carbocycles. The summed E-state index contributed by atoms with van der Waals surface area (Å²) in [6.45, 7) is 2.15. The molecule has 1 aliphatic rings. The maximum absolute atomic E-state index is 14.6. The summed E-state index contributed by atoms with van der Waals surface area (Å²) in [5.41, 5.74) is 2.64. The Morgan fingerprint density at radius 3 is 2.60 bits per heavy atom. The van der Waals surface area contributed by atoms with E-state index in [9.17, 15) is 14.3 Å². The highest BCUT2D eigenvalue weighted by Gasteiger charge is 2.27. The number of halogens is 1. The summed E-state index contributed by atoms with van der Waals surface area (Å²) in [6, 6.07) is 11.3. The number of aliphatic hydroxyl groups excluding tert-OH is 1. The number of hydrogen-bond acceptors (Lipinski definition) is 3. The van der Waals surface area contributed by atoms with E-state index >= 15 is 0 Å². The minimum atomic E-state index is -0.881. The summed E-state index contributed by atoms with van der Waals surface area (Å²) in [6.07, 6.45) is 7.53. The number of carboxylic acids is 1. The van der Waals surface area contributed by atoms with Gasteiger partial charge in [-0.1, -0.05) is 50.5 Å². The molecular weight excluding hydrogens is 399 g/mol. The van der Waals surface area contributed by atoms with Crippen LogP contribution in [0.25, 0.3) is 5.57 Å². The first-order chi connectivity index (χ1) is 14.5. The van der Waals surface area contributed by atoms with Crippen LogP contribution >= 0.6 is 11.3 Å². The molecule has 0 amide bonds. The molecule has 1 aromatic carbocycles. The molecule has 2 unspecified atom stereocenters. The molecule has 0 fully saturated rings. The zero-order valence-electron chi connectivity index (χ0n) is 17.6. The van der Waals surface area contributed by atoms with Crippen molar-refractivity contribution in [1.82, 2.24) is 0 Å². The van der Waals surface area contributed by atoms with E-state index in [0.717, 1.165) is 72.9 Å². The van der Waals surface area contributed by atoms with Crippen molar-refractivity contribution in [2.45, 2.75) is 70.8 Å². The molecule has 0 spiro atoms. The predicted molar refractivity (Wildman–Crippen MR) is 121 cm³/mol. The second-order valence-corrected chi connectivity index (χ2v) is 9.32. The molecule has 3 nitrogen and oxygen atoms in total. The first-order valence-electron chi connectivity index (χ1n) is 11.0. The number of carbonyl (C=O) groups is 1. The van der Waals surface area contributed by atoms with Crippen LogP contribution in [-0.4, -0.2) is 16.2 Å². The van der Waals surface area contributed by atoms with Crippen LogP contribution in [0.5, 0.6) is 0 Å². The Morgan fingerprint density at radius 2 is 1.93 bits per heavy atom. The lowest BCUT2D eigenvalue weighted by atomic mass is 9.89. The van der Waals surface area contributed by atoms with E-state index in [1.807, 2.05) is 30.3 Å². The number of carboxylic acid groups (broad SMARTS) is 1. The summed E-state index contributed by atoms with van der Waals surface area (Å²) < 4.78 is 14.6. The van der Waals surface area contributed by atoms with Gasteiger partial charge in [0.15, 0.2) is 0 Å². The second kappa shape index (κ2) is 10.9. The van der Waals surface area contributed by atoms with Crippen LogP contribution in [0.1, 0.15) is 90.1 Å². The van der Waals surface area contributed by atoms with Crippen LogP contribution in [0.3, 0.4) is 0 Å². The number of aryl methyl sites for hydroxylation is 1. The Labute approximate surface area is 182 Å². The number of allylic oxidation sites excluding steroid dienone is 2. The van der Waals surface area contributed by atoms with E-state index in [0.29, 0.717) is 11.3 Å². The van der Waals surface area contributed by atoms with Crippen LogP contribution in [0.15, 0.2) is 42.2 Å². The molecule has 1 heterocycles. The monoisotopic (exact) mass is 430 g/mol. The SMILES string of the molecule is CCCCCC(O)c1ccc(C2=C(F)CCC2CCCc2ccc(C(=O)O)s2)cc1. The van der Waals surface area contributed by atoms with Gasteiger partial charge in [0.05, 0.1) is 6.10 Å². The third-order valence-corrected chi connectivity index (χ3v) is 7.08. The molecule has 1 aromatic heterocycles. The minimum absolute atomic E-state index is 0.0134. The molecule has 2 N–H and O–H groups in total. The lowest BCUT2D eigenvalue weighted by Crippen LogP contribution is -2.02. The topological polar surface area (TPSA) is 57.5 Å². The van der Waals surface area contributed by atoms with Gasteiger partial charge < -0.3 is 10.2 Å². The molecule has 0 radical (unpaired) electrons. The number of unbranched alkanes of at least 4 members (excludes halogenated alkanes) is 2. The molecule has 2 atom stereocenters. The molecule has 0 saturated carbocycles. The van der Waals surface area contributed by atoms with Crippen molar-refractivity contribution in [2.24, 2.45) is 5.92 Å².